The van der Waals surface area contributed by atoms with E-state index < -0.39 is 17.9 Å². The molecule has 0 spiro atoms. The van der Waals surface area contributed by atoms with E-state index >= 15 is 0 Å². The molecule has 6 heteroatoms. The predicted molar refractivity (Wildman–Crippen MR) is 116 cm³/mol. The Morgan fingerprint density at radius 2 is 1.59 bits per heavy atom. The van der Waals surface area contributed by atoms with Crippen molar-refractivity contribution in [3.63, 3.8) is 0 Å². The third-order valence-corrected chi connectivity index (χ3v) is 6.15. The van der Waals surface area contributed by atoms with E-state index in [-0.39, 0.29) is 12.3 Å². The number of nitrogens with one attached hydrogen (secondary N) is 1. The number of aliphatic carboxylic acids is 1. The molecule has 3 aromatic rings. The smallest absolute Gasteiger partial charge is 0.326 e. The van der Waals surface area contributed by atoms with Crippen LogP contribution in [-0.2, 0) is 16.0 Å². The molecular weight excluding hydrogens is 454 g/mol. The van der Waals surface area contributed by atoms with Gasteiger partial charge in [-0.3, -0.25) is 4.79 Å². The normalized spacial score (nSPS) is 13.4. The van der Waals surface area contributed by atoms with Crippen LogP contribution in [-0.4, -0.2) is 23.0 Å². The van der Waals surface area contributed by atoms with Crippen molar-refractivity contribution in [3.8, 4) is 11.1 Å². The molecule has 29 heavy (non-hydrogen) atoms. The summed E-state index contributed by atoms with van der Waals surface area (Å²) in [4.78, 5) is 25.1. The summed E-state index contributed by atoms with van der Waals surface area (Å²) in [6.45, 7) is 0. The highest BCUT2D eigenvalue weighted by atomic mass is 79.9. The van der Waals surface area contributed by atoms with Crippen molar-refractivity contribution >= 4 is 39.4 Å². The van der Waals surface area contributed by atoms with Crippen LogP contribution >= 0.6 is 27.5 Å². The van der Waals surface area contributed by atoms with Gasteiger partial charge in [0.05, 0.1) is 5.92 Å². The fourth-order valence-electron chi connectivity index (χ4n) is 3.81. The van der Waals surface area contributed by atoms with Gasteiger partial charge in [0, 0.05) is 15.9 Å². The van der Waals surface area contributed by atoms with Crippen LogP contribution in [0.25, 0.3) is 11.1 Å². The fraction of sp³-hybridized carbons (Fsp3) is 0.130. The fourth-order valence-corrected chi connectivity index (χ4v) is 4.42. The number of rotatable bonds is 5. The molecule has 2 N–H and O–H groups in total. The summed E-state index contributed by atoms with van der Waals surface area (Å²) < 4.78 is 0.749. The molecule has 0 heterocycles. The molecular formula is C23H17BrClNO3. The van der Waals surface area contributed by atoms with Crippen LogP contribution in [0.5, 0.6) is 0 Å². The zero-order valence-electron chi connectivity index (χ0n) is 15.2. The molecule has 0 saturated heterocycles. The number of hydrogen-bond donors (Lipinski definition) is 2. The van der Waals surface area contributed by atoms with E-state index in [2.05, 4.69) is 21.2 Å². The summed E-state index contributed by atoms with van der Waals surface area (Å²) in [6, 6.07) is 19.6. The molecule has 1 amide bonds. The van der Waals surface area contributed by atoms with Gasteiger partial charge in [-0.1, -0.05) is 76.1 Å². The lowest BCUT2D eigenvalue weighted by Crippen LogP contribution is -2.44. The molecule has 1 aliphatic rings. The van der Waals surface area contributed by atoms with Crippen molar-refractivity contribution in [2.24, 2.45) is 0 Å². The molecule has 0 unspecified atom stereocenters. The quantitative estimate of drug-likeness (QED) is 0.550. The maximum atomic E-state index is 13.2. The first-order valence-electron chi connectivity index (χ1n) is 9.11. The maximum absolute atomic E-state index is 13.2. The lowest BCUT2D eigenvalue weighted by atomic mass is 9.95. The van der Waals surface area contributed by atoms with Crippen LogP contribution in [0.4, 0.5) is 0 Å². The van der Waals surface area contributed by atoms with Crippen LogP contribution in [0.2, 0.25) is 5.02 Å². The molecule has 1 atom stereocenters. The topological polar surface area (TPSA) is 66.4 Å². The van der Waals surface area contributed by atoms with Crippen LogP contribution in [0.3, 0.4) is 0 Å². The highest BCUT2D eigenvalue weighted by Crippen LogP contribution is 2.44. The Morgan fingerprint density at radius 1 is 1.00 bits per heavy atom. The van der Waals surface area contributed by atoms with Crippen molar-refractivity contribution < 1.29 is 14.7 Å². The summed E-state index contributed by atoms with van der Waals surface area (Å²) in [5, 5.41) is 13.0. The monoisotopic (exact) mass is 469 g/mol. The number of amides is 1. The Morgan fingerprint density at radius 3 is 2.17 bits per heavy atom. The summed E-state index contributed by atoms with van der Waals surface area (Å²) in [5.41, 5.74) is 4.51. The molecule has 4 nitrogen and oxygen atoms in total. The Bertz CT molecular complexity index is 1070. The van der Waals surface area contributed by atoms with Crippen molar-refractivity contribution in [1.29, 1.82) is 0 Å². The third-order valence-electron chi connectivity index (χ3n) is 5.14. The highest BCUT2D eigenvalue weighted by molar-refractivity contribution is 9.10. The SMILES string of the molecule is O=C(N[C@H](Cc1cc(Cl)ccc1Br)C(=O)O)C1c2ccccc2-c2ccccc21. The van der Waals surface area contributed by atoms with E-state index in [0.717, 1.165) is 32.3 Å². The first kappa shape index (κ1) is 19.7. The Kier molecular flexibility index (Phi) is 5.43. The van der Waals surface area contributed by atoms with Crippen LogP contribution < -0.4 is 5.32 Å². The summed E-state index contributed by atoms with van der Waals surface area (Å²) in [7, 11) is 0. The van der Waals surface area contributed by atoms with E-state index in [1.165, 1.54) is 0 Å². The molecule has 0 radical (unpaired) electrons. The number of fused-ring (bicyclic) bond motifs is 3. The van der Waals surface area contributed by atoms with Gasteiger partial charge in [0.2, 0.25) is 5.91 Å². The van der Waals surface area contributed by atoms with Gasteiger partial charge in [-0.15, -0.1) is 0 Å². The van der Waals surface area contributed by atoms with E-state index in [0.29, 0.717) is 5.02 Å². The van der Waals surface area contributed by atoms with Gasteiger partial charge in [-0.05, 0) is 46.0 Å². The molecule has 0 saturated carbocycles. The Balaban J connectivity index is 1.64. The average molecular weight is 471 g/mol. The van der Waals surface area contributed by atoms with E-state index in [9.17, 15) is 14.7 Å². The number of hydrogen-bond acceptors (Lipinski definition) is 2. The van der Waals surface area contributed by atoms with Gasteiger partial charge in [-0.2, -0.15) is 0 Å². The zero-order chi connectivity index (χ0) is 20.5. The van der Waals surface area contributed by atoms with Crippen molar-refractivity contribution in [2.75, 3.05) is 0 Å². The molecule has 1 aliphatic carbocycles. The first-order valence-corrected chi connectivity index (χ1v) is 10.3. The van der Waals surface area contributed by atoms with Gasteiger partial charge in [0.1, 0.15) is 6.04 Å². The largest absolute Gasteiger partial charge is 0.480 e. The predicted octanol–water partition coefficient (Wildman–Crippen LogP) is 5.03. The zero-order valence-corrected chi connectivity index (χ0v) is 17.6. The van der Waals surface area contributed by atoms with Crippen molar-refractivity contribution in [1.82, 2.24) is 5.32 Å². The minimum Gasteiger partial charge on any atom is -0.480 e. The van der Waals surface area contributed by atoms with E-state index in [4.69, 9.17) is 11.6 Å². The van der Waals surface area contributed by atoms with Crippen LogP contribution in [0.1, 0.15) is 22.6 Å². The summed E-state index contributed by atoms with van der Waals surface area (Å²) >= 11 is 9.47. The van der Waals surface area contributed by atoms with Crippen molar-refractivity contribution in [3.05, 3.63) is 92.9 Å². The number of carbonyl (C=O) groups is 2. The molecule has 0 fully saturated rings. The molecule has 146 valence electrons. The summed E-state index contributed by atoms with van der Waals surface area (Å²) in [6.07, 6.45) is 0.123. The Labute approximate surface area is 181 Å². The van der Waals surface area contributed by atoms with Crippen molar-refractivity contribution in [2.45, 2.75) is 18.4 Å². The van der Waals surface area contributed by atoms with Crippen LogP contribution in [0.15, 0.2) is 71.2 Å². The maximum Gasteiger partial charge on any atom is 0.326 e. The minimum atomic E-state index is -1.09. The number of carboxylic acid groups (broad SMARTS) is 1. The molecule has 3 aromatic carbocycles. The van der Waals surface area contributed by atoms with Gasteiger partial charge in [0.15, 0.2) is 0 Å². The molecule has 0 aromatic heterocycles. The number of carboxylic acids is 1. The first-order chi connectivity index (χ1) is 14.0. The molecule has 0 bridgehead atoms. The minimum absolute atomic E-state index is 0.123. The van der Waals surface area contributed by atoms with Gasteiger partial charge in [0.25, 0.3) is 0 Å². The summed E-state index contributed by atoms with van der Waals surface area (Å²) in [5.74, 6) is -1.95. The second-order valence-corrected chi connectivity index (χ2v) is 8.24. The second-order valence-electron chi connectivity index (χ2n) is 6.95. The lowest BCUT2D eigenvalue weighted by molar-refractivity contribution is -0.141. The van der Waals surface area contributed by atoms with Gasteiger partial charge >= 0.3 is 5.97 Å². The lowest BCUT2D eigenvalue weighted by Gasteiger charge is -2.19. The second kappa shape index (κ2) is 8.01. The third kappa shape index (κ3) is 3.80. The average Bonchev–Trinajstić information content (AvgIpc) is 3.04. The van der Waals surface area contributed by atoms with Gasteiger partial charge < -0.3 is 10.4 Å². The number of halogens is 2. The van der Waals surface area contributed by atoms with Crippen LogP contribution in [0, 0.1) is 0 Å². The van der Waals surface area contributed by atoms with Gasteiger partial charge in [-0.25, -0.2) is 4.79 Å². The number of benzene rings is 3. The Hall–Kier alpha value is -2.63. The molecule has 0 aliphatic heterocycles. The highest BCUT2D eigenvalue weighted by Gasteiger charge is 2.35. The van der Waals surface area contributed by atoms with E-state index in [1.807, 2.05) is 48.5 Å². The molecule has 4 rings (SSSR count). The van der Waals surface area contributed by atoms with E-state index in [1.54, 1.807) is 18.2 Å². The number of carbonyl (C=O) groups excluding carboxylic acids is 1. The standard InChI is InChI=1S/C23H17BrClNO3/c24-19-10-9-14(25)11-13(19)12-20(23(28)29)26-22(27)21-17-7-3-1-5-15(17)16-6-2-4-8-18(16)21/h1-11,20-21H,12H2,(H,26,27)(H,28,29)/t20-/m1/s1.